The highest BCUT2D eigenvalue weighted by molar-refractivity contribution is 5.00. The van der Waals surface area contributed by atoms with Crippen molar-refractivity contribution in [3.05, 3.63) is 0 Å². The first-order chi connectivity index (χ1) is 12.1. The zero-order chi connectivity index (χ0) is 17.4. The molecular formula is C20H31FN2O2. The number of rotatable bonds is 2. The number of halogens is 1. The smallest absolute Gasteiger partial charge is 0.172 e. The zero-order valence-corrected chi connectivity index (χ0v) is 15.3. The van der Waals surface area contributed by atoms with Crippen LogP contribution in [0.25, 0.3) is 0 Å². The molecule has 2 aliphatic carbocycles. The fraction of sp³-hybridized carbons (Fsp3) is 0.950. The number of hydrogen-bond donors (Lipinski definition) is 1. The normalized spacial score (nSPS) is 48.7. The van der Waals surface area contributed by atoms with Crippen LogP contribution < -0.4 is 5.32 Å². The van der Waals surface area contributed by atoms with Crippen molar-refractivity contribution in [1.82, 2.24) is 5.32 Å². The van der Waals surface area contributed by atoms with E-state index in [2.05, 4.69) is 11.4 Å². The molecule has 5 heteroatoms. The molecule has 1 N–H and O–H groups in total. The Bertz CT molecular complexity index is 518. The van der Waals surface area contributed by atoms with E-state index in [0.29, 0.717) is 24.7 Å². The Balaban J connectivity index is 1.47. The number of fused-ring (bicyclic) bond motifs is 1. The van der Waals surface area contributed by atoms with Crippen LogP contribution in [0.4, 0.5) is 4.39 Å². The van der Waals surface area contributed by atoms with E-state index in [0.717, 1.165) is 25.9 Å². The maximum atomic E-state index is 14.8. The van der Waals surface area contributed by atoms with Gasteiger partial charge in [0.15, 0.2) is 5.79 Å². The first-order valence-corrected chi connectivity index (χ1v) is 10.2. The van der Waals surface area contributed by atoms with Crippen molar-refractivity contribution in [1.29, 1.82) is 5.26 Å². The molecule has 2 saturated heterocycles. The van der Waals surface area contributed by atoms with Crippen LogP contribution >= 0.6 is 0 Å². The van der Waals surface area contributed by atoms with E-state index in [4.69, 9.17) is 14.7 Å². The lowest BCUT2D eigenvalue weighted by atomic mass is 9.73. The van der Waals surface area contributed by atoms with Crippen LogP contribution in [0.1, 0.15) is 58.3 Å². The van der Waals surface area contributed by atoms with Gasteiger partial charge in [0.25, 0.3) is 0 Å². The molecule has 25 heavy (non-hydrogen) atoms. The number of nitrogens with zero attached hydrogens (tertiary/aromatic N) is 1. The van der Waals surface area contributed by atoms with E-state index >= 15 is 0 Å². The molecule has 7 unspecified atom stereocenters. The van der Waals surface area contributed by atoms with Crippen LogP contribution in [0, 0.1) is 35.0 Å². The number of nitrogens with one attached hydrogen (secondary N) is 1. The zero-order valence-electron chi connectivity index (χ0n) is 15.3. The third kappa shape index (κ3) is 3.34. The average Bonchev–Trinajstić information content (AvgIpc) is 2.99. The molecular weight excluding hydrogens is 319 g/mol. The molecule has 2 saturated carbocycles. The van der Waals surface area contributed by atoms with Gasteiger partial charge >= 0.3 is 0 Å². The highest BCUT2D eigenvalue weighted by Crippen LogP contribution is 2.50. The Kier molecular flexibility index (Phi) is 5.05. The molecule has 2 aliphatic heterocycles. The van der Waals surface area contributed by atoms with Crippen molar-refractivity contribution in [3.8, 4) is 6.07 Å². The standard InChI is InChI=1S/C20H31FN2O2/c1-20(16-6-5-13(12-22)11-17(16)21)24-18-4-2-3-15(19(18)25-20)14-7-9-23-10-8-14/h13-19,23H,2-11H2,1H3. The molecule has 7 atom stereocenters. The van der Waals surface area contributed by atoms with Gasteiger partial charge in [-0.05, 0) is 76.8 Å². The van der Waals surface area contributed by atoms with E-state index in [1.807, 2.05) is 6.92 Å². The fourth-order valence-electron chi connectivity index (χ4n) is 5.82. The van der Waals surface area contributed by atoms with E-state index in [1.54, 1.807) is 0 Å². The summed E-state index contributed by atoms with van der Waals surface area (Å²) in [5.74, 6) is 0.0501. The molecule has 2 heterocycles. The van der Waals surface area contributed by atoms with Gasteiger partial charge in [0.05, 0.1) is 18.3 Å². The summed E-state index contributed by atoms with van der Waals surface area (Å²) in [6, 6.07) is 2.23. The van der Waals surface area contributed by atoms with Crippen molar-refractivity contribution in [3.63, 3.8) is 0 Å². The minimum atomic E-state index is -0.999. The highest BCUT2D eigenvalue weighted by atomic mass is 19.1. The summed E-state index contributed by atoms with van der Waals surface area (Å²) in [7, 11) is 0. The first kappa shape index (κ1) is 17.7. The summed E-state index contributed by atoms with van der Waals surface area (Å²) < 4.78 is 27.7. The van der Waals surface area contributed by atoms with Crippen molar-refractivity contribution >= 4 is 0 Å². The van der Waals surface area contributed by atoms with Gasteiger partial charge < -0.3 is 14.8 Å². The summed E-state index contributed by atoms with van der Waals surface area (Å²) in [4.78, 5) is 0. The Morgan fingerprint density at radius 3 is 2.60 bits per heavy atom. The molecule has 0 bridgehead atoms. The lowest BCUT2D eigenvalue weighted by Gasteiger charge is -2.40. The molecule has 0 aromatic rings. The summed E-state index contributed by atoms with van der Waals surface area (Å²) in [6.45, 7) is 4.15. The number of hydrogen-bond acceptors (Lipinski definition) is 4. The Morgan fingerprint density at radius 1 is 1.08 bits per heavy atom. The third-order valence-electron chi connectivity index (χ3n) is 7.19. The van der Waals surface area contributed by atoms with Crippen molar-refractivity contribution < 1.29 is 13.9 Å². The predicted molar refractivity (Wildman–Crippen MR) is 92.4 cm³/mol. The van der Waals surface area contributed by atoms with Gasteiger partial charge in [0.2, 0.25) is 0 Å². The van der Waals surface area contributed by atoms with E-state index in [9.17, 15) is 4.39 Å². The SMILES string of the molecule is CC1(C2CCC(C#N)CC2F)OC2CCCC(C3CCNCC3)C2O1. The summed E-state index contributed by atoms with van der Waals surface area (Å²) in [6.07, 6.45) is 6.90. The Morgan fingerprint density at radius 2 is 1.88 bits per heavy atom. The molecule has 4 nitrogen and oxygen atoms in total. The second-order valence-corrected chi connectivity index (χ2v) is 8.70. The molecule has 4 rings (SSSR count). The average molecular weight is 350 g/mol. The van der Waals surface area contributed by atoms with Gasteiger partial charge in [0.1, 0.15) is 6.17 Å². The second-order valence-electron chi connectivity index (χ2n) is 8.70. The van der Waals surface area contributed by atoms with Crippen LogP contribution in [-0.4, -0.2) is 37.3 Å². The number of piperidine rings is 1. The van der Waals surface area contributed by atoms with Crippen LogP contribution in [0.15, 0.2) is 0 Å². The maximum Gasteiger partial charge on any atom is 0.172 e. The summed E-state index contributed by atoms with van der Waals surface area (Å²) in [5, 5.41) is 12.5. The number of nitriles is 1. The van der Waals surface area contributed by atoms with Gasteiger partial charge in [-0.15, -0.1) is 0 Å². The molecule has 0 spiro atoms. The van der Waals surface area contributed by atoms with Gasteiger partial charge in [-0.2, -0.15) is 5.26 Å². The molecule has 0 aromatic heterocycles. The number of ether oxygens (including phenoxy) is 2. The van der Waals surface area contributed by atoms with E-state index in [-0.39, 0.29) is 24.0 Å². The minimum Gasteiger partial charge on any atom is -0.344 e. The predicted octanol–water partition coefficient (Wildman–Crippen LogP) is 3.56. The summed E-state index contributed by atoms with van der Waals surface area (Å²) >= 11 is 0. The van der Waals surface area contributed by atoms with Gasteiger partial charge in [-0.3, -0.25) is 0 Å². The molecule has 4 fully saturated rings. The van der Waals surface area contributed by atoms with Crippen molar-refractivity contribution in [2.75, 3.05) is 13.1 Å². The monoisotopic (exact) mass is 350 g/mol. The Labute approximate surface area is 150 Å². The van der Waals surface area contributed by atoms with Gasteiger partial charge in [-0.1, -0.05) is 6.42 Å². The van der Waals surface area contributed by atoms with Gasteiger partial charge in [-0.25, -0.2) is 4.39 Å². The van der Waals surface area contributed by atoms with Crippen molar-refractivity contribution in [2.24, 2.45) is 23.7 Å². The Hall–Kier alpha value is -0.700. The topological polar surface area (TPSA) is 54.3 Å². The highest BCUT2D eigenvalue weighted by Gasteiger charge is 2.56. The first-order valence-electron chi connectivity index (χ1n) is 10.2. The van der Waals surface area contributed by atoms with E-state index in [1.165, 1.54) is 25.7 Å². The molecule has 0 aromatic carbocycles. The lowest BCUT2D eigenvalue weighted by Crippen LogP contribution is -2.45. The third-order valence-corrected chi connectivity index (χ3v) is 7.19. The van der Waals surface area contributed by atoms with Gasteiger partial charge in [0, 0.05) is 11.8 Å². The largest absolute Gasteiger partial charge is 0.344 e. The molecule has 140 valence electrons. The molecule has 0 amide bonds. The fourth-order valence-corrected chi connectivity index (χ4v) is 5.82. The van der Waals surface area contributed by atoms with Crippen LogP contribution in [0.2, 0.25) is 0 Å². The second kappa shape index (κ2) is 7.13. The number of alkyl halides is 1. The van der Waals surface area contributed by atoms with Crippen LogP contribution in [0.3, 0.4) is 0 Å². The van der Waals surface area contributed by atoms with Crippen molar-refractivity contribution in [2.45, 2.75) is 82.5 Å². The van der Waals surface area contributed by atoms with Crippen LogP contribution in [0.5, 0.6) is 0 Å². The minimum absolute atomic E-state index is 0.125. The quantitative estimate of drug-likeness (QED) is 0.827. The lowest BCUT2D eigenvalue weighted by molar-refractivity contribution is -0.221. The maximum absolute atomic E-state index is 14.8. The molecule has 0 radical (unpaired) electrons. The van der Waals surface area contributed by atoms with Crippen LogP contribution in [-0.2, 0) is 9.47 Å². The van der Waals surface area contributed by atoms with E-state index < -0.39 is 12.0 Å². The molecule has 4 aliphatic rings. The summed E-state index contributed by atoms with van der Waals surface area (Å²) in [5.41, 5.74) is 0.